The molecule has 0 radical (unpaired) electrons. The highest BCUT2D eigenvalue weighted by atomic mass is 32.1. The first kappa shape index (κ1) is 9.02. The lowest BCUT2D eigenvalue weighted by atomic mass is 10.2. The van der Waals surface area contributed by atoms with Crippen molar-refractivity contribution in [1.29, 1.82) is 0 Å². The van der Waals surface area contributed by atoms with Crippen molar-refractivity contribution in [2.75, 3.05) is 0 Å². The number of aromatic nitrogens is 3. The van der Waals surface area contributed by atoms with Crippen LogP contribution in [0.5, 0.6) is 0 Å². The number of nitrogens with zero attached hydrogens (tertiary/aromatic N) is 3. The molecular formula is C10H9N3S. The first-order chi connectivity index (χ1) is 6.77. The molecule has 0 saturated carbocycles. The first-order valence-corrected chi connectivity index (χ1v) is 4.64. The van der Waals surface area contributed by atoms with Gasteiger partial charge in [0.25, 0.3) is 0 Å². The molecule has 0 aliphatic rings. The molecule has 0 aliphatic heterocycles. The Morgan fingerprint density at radius 1 is 1.21 bits per heavy atom. The standard InChI is InChI=1S/C10H9N3S/c1-13-10(14)12-9(7-11-13)8-5-3-2-4-6-8/h2-7H,1H3. The van der Waals surface area contributed by atoms with Gasteiger partial charge in [-0.25, -0.2) is 9.67 Å². The number of rotatable bonds is 1. The van der Waals surface area contributed by atoms with Crippen molar-refractivity contribution in [3.63, 3.8) is 0 Å². The largest absolute Gasteiger partial charge is 0.242 e. The van der Waals surface area contributed by atoms with E-state index in [-0.39, 0.29) is 0 Å². The second-order valence-electron chi connectivity index (χ2n) is 2.91. The minimum atomic E-state index is 0.492. The second-order valence-corrected chi connectivity index (χ2v) is 3.28. The van der Waals surface area contributed by atoms with Crippen LogP contribution in [0.25, 0.3) is 11.3 Å². The van der Waals surface area contributed by atoms with E-state index in [9.17, 15) is 0 Å². The lowest BCUT2D eigenvalue weighted by molar-refractivity contribution is 0.699. The van der Waals surface area contributed by atoms with Gasteiger partial charge in [-0.2, -0.15) is 5.10 Å². The summed E-state index contributed by atoms with van der Waals surface area (Å²) in [4.78, 5) is 4.26. The Morgan fingerprint density at radius 2 is 1.93 bits per heavy atom. The van der Waals surface area contributed by atoms with Gasteiger partial charge in [0, 0.05) is 12.6 Å². The maximum Gasteiger partial charge on any atom is 0.216 e. The van der Waals surface area contributed by atoms with Crippen LogP contribution in [0.4, 0.5) is 0 Å². The highest BCUT2D eigenvalue weighted by Gasteiger charge is 1.98. The molecule has 0 unspecified atom stereocenters. The molecule has 0 aliphatic carbocycles. The predicted octanol–water partition coefficient (Wildman–Crippen LogP) is 2.21. The number of aryl methyl sites for hydroxylation is 1. The van der Waals surface area contributed by atoms with Crippen molar-refractivity contribution in [2.24, 2.45) is 7.05 Å². The van der Waals surface area contributed by atoms with Crippen molar-refractivity contribution >= 4 is 12.2 Å². The molecule has 2 rings (SSSR count). The summed E-state index contributed by atoms with van der Waals surface area (Å²) in [6, 6.07) is 9.87. The third-order valence-corrected chi connectivity index (χ3v) is 2.27. The fourth-order valence-corrected chi connectivity index (χ4v) is 1.29. The zero-order valence-electron chi connectivity index (χ0n) is 7.71. The molecule has 1 heterocycles. The van der Waals surface area contributed by atoms with Crippen LogP contribution in [0, 0.1) is 4.77 Å². The fraction of sp³-hybridized carbons (Fsp3) is 0.100. The van der Waals surface area contributed by atoms with E-state index in [4.69, 9.17) is 12.2 Å². The van der Waals surface area contributed by atoms with Gasteiger partial charge in [0.15, 0.2) is 0 Å². The Balaban J connectivity index is 2.54. The number of hydrogen-bond acceptors (Lipinski definition) is 3. The monoisotopic (exact) mass is 203 g/mol. The summed E-state index contributed by atoms with van der Waals surface area (Å²) >= 11 is 5.03. The molecule has 0 fully saturated rings. The van der Waals surface area contributed by atoms with E-state index in [0.717, 1.165) is 11.3 Å². The van der Waals surface area contributed by atoms with E-state index in [2.05, 4.69) is 10.1 Å². The van der Waals surface area contributed by atoms with E-state index >= 15 is 0 Å². The van der Waals surface area contributed by atoms with Crippen LogP contribution in [0.15, 0.2) is 36.5 Å². The predicted molar refractivity (Wildman–Crippen MR) is 57.3 cm³/mol. The molecule has 0 bridgehead atoms. The third kappa shape index (κ3) is 1.70. The maximum atomic E-state index is 5.03. The second kappa shape index (κ2) is 3.67. The summed E-state index contributed by atoms with van der Waals surface area (Å²) in [5.74, 6) is 0. The minimum absolute atomic E-state index is 0.492. The van der Waals surface area contributed by atoms with Crippen LogP contribution in [-0.2, 0) is 7.05 Å². The maximum absolute atomic E-state index is 5.03. The van der Waals surface area contributed by atoms with Gasteiger partial charge in [0.2, 0.25) is 4.77 Å². The summed E-state index contributed by atoms with van der Waals surface area (Å²) < 4.78 is 2.06. The van der Waals surface area contributed by atoms with Crippen LogP contribution < -0.4 is 0 Å². The molecule has 70 valence electrons. The zero-order chi connectivity index (χ0) is 9.97. The van der Waals surface area contributed by atoms with Crippen LogP contribution in [-0.4, -0.2) is 14.8 Å². The molecule has 0 N–H and O–H groups in total. The average molecular weight is 203 g/mol. The van der Waals surface area contributed by atoms with E-state index in [1.807, 2.05) is 30.3 Å². The topological polar surface area (TPSA) is 30.7 Å². The summed E-state index contributed by atoms with van der Waals surface area (Å²) in [5.41, 5.74) is 1.85. The molecule has 0 spiro atoms. The van der Waals surface area contributed by atoms with E-state index in [0.29, 0.717) is 4.77 Å². The van der Waals surface area contributed by atoms with Crippen molar-refractivity contribution in [3.8, 4) is 11.3 Å². The fourth-order valence-electron chi connectivity index (χ4n) is 1.14. The lowest BCUT2D eigenvalue weighted by Crippen LogP contribution is -2.00. The summed E-state index contributed by atoms with van der Waals surface area (Å²) in [6.07, 6.45) is 1.71. The van der Waals surface area contributed by atoms with Crippen LogP contribution in [0.3, 0.4) is 0 Å². The van der Waals surface area contributed by atoms with Gasteiger partial charge in [-0.15, -0.1) is 0 Å². The lowest BCUT2D eigenvalue weighted by Gasteiger charge is -2.01. The van der Waals surface area contributed by atoms with Crippen molar-refractivity contribution in [2.45, 2.75) is 0 Å². The quantitative estimate of drug-likeness (QED) is 0.666. The van der Waals surface area contributed by atoms with Gasteiger partial charge in [0.1, 0.15) is 0 Å². The smallest absolute Gasteiger partial charge is 0.216 e. The molecule has 3 nitrogen and oxygen atoms in total. The van der Waals surface area contributed by atoms with E-state index < -0.39 is 0 Å². The Hall–Kier alpha value is -1.55. The summed E-state index contributed by atoms with van der Waals surface area (Å²) in [5, 5.41) is 4.11. The highest BCUT2D eigenvalue weighted by Crippen LogP contribution is 2.13. The molecule has 2 aromatic rings. The molecule has 1 aromatic heterocycles. The van der Waals surface area contributed by atoms with Crippen molar-refractivity contribution < 1.29 is 0 Å². The Bertz CT molecular complexity index is 490. The summed E-state index contributed by atoms with van der Waals surface area (Å²) in [7, 11) is 1.78. The molecule has 0 saturated heterocycles. The van der Waals surface area contributed by atoms with Crippen molar-refractivity contribution in [3.05, 3.63) is 41.3 Å². The van der Waals surface area contributed by atoms with Crippen LogP contribution in [0.2, 0.25) is 0 Å². The van der Waals surface area contributed by atoms with Gasteiger partial charge in [-0.3, -0.25) is 0 Å². The number of hydrogen-bond donors (Lipinski definition) is 0. The third-order valence-electron chi connectivity index (χ3n) is 1.92. The van der Waals surface area contributed by atoms with E-state index in [1.54, 1.807) is 17.9 Å². The van der Waals surface area contributed by atoms with Crippen LogP contribution >= 0.6 is 12.2 Å². The van der Waals surface area contributed by atoms with E-state index in [1.165, 1.54) is 0 Å². The average Bonchev–Trinajstić information content (AvgIpc) is 2.23. The first-order valence-electron chi connectivity index (χ1n) is 4.23. The number of benzene rings is 1. The Kier molecular flexibility index (Phi) is 2.37. The Labute approximate surface area is 87.0 Å². The van der Waals surface area contributed by atoms with Gasteiger partial charge >= 0.3 is 0 Å². The highest BCUT2D eigenvalue weighted by molar-refractivity contribution is 7.71. The summed E-state index contributed by atoms with van der Waals surface area (Å²) in [6.45, 7) is 0. The molecule has 0 amide bonds. The minimum Gasteiger partial charge on any atom is -0.242 e. The molecule has 4 heteroatoms. The Morgan fingerprint density at radius 3 is 2.57 bits per heavy atom. The SMILES string of the molecule is Cn1ncc(-c2ccccc2)nc1=S. The molecule has 0 atom stereocenters. The van der Waals surface area contributed by atoms with Crippen molar-refractivity contribution in [1.82, 2.24) is 14.8 Å². The van der Waals surface area contributed by atoms with Gasteiger partial charge in [0.05, 0.1) is 11.9 Å². The molecule has 1 aromatic carbocycles. The molecular weight excluding hydrogens is 194 g/mol. The normalized spacial score (nSPS) is 10.1. The molecule has 14 heavy (non-hydrogen) atoms. The van der Waals surface area contributed by atoms with Gasteiger partial charge < -0.3 is 0 Å². The van der Waals surface area contributed by atoms with Gasteiger partial charge in [-0.05, 0) is 12.2 Å². The zero-order valence-corrected chi connectivity index (χ0v) is 8.53. The van der Waals surface area contributed by atoms with Gasteiger partial charge in [-0.1, -0.05) is 30.3 Å². The van der Waals surface area contributed by atoms with Crippen LogP contribution in [0.1, 0.15) is 0 Å².